The van der Waals surface area contributed by atoms with E-state index in [9.17, 15) is 4.79 Å². The molecule has 0 radical (unpaired) electrons. The van der Waals surface area contributed by atoms with E-state index >= 15 is 0 Å². The van der Waals surface area contributed by atoms with Crippen LogP contribution in [0.4, 0.5) is 0 Å². The predicted molar refractivity (Wildman–Crippen MR) is 110 cm³/mol. The highest BCUT2D eigenvalue weighted by Crippen LogP contribution is 2.30. The minimum Gasteiger partial charge on any atom is -0.493 e. The van der Waals surface area contributed by atoms with Gasteiger partial charge in [0.05, 0.1) is 31.7 Å². The number of H-pyrrole nitrogens is 1. The smallest absolute Gasteiger partial charge is 0.258 e. The number of ether oxygens (including phenoxy) is 2. The van der Waals surface area contributed by atoms with Gasteiger partial charge in [0, 0.05) is 43.7 Å². The number of aromatic amines is 1. The first kappa shape index (κ1) is 18.9. The van der Waals surface area contributed by atoms with Gasteiger partial charge in [-0.05, 0) is 17.5 Å². The molecule has 1 N–H and O–H groups in total. The fourth-order valence-electron chi connectivity index (χ4n) is 3.53. The van der Waals surface area contributed by atoms with Gasteiger partial charge in [-0.15, -0.1) is 11.3 Å². The number of benzene rings is 1. The fourth-order valence-corrected chi connectivity index (χ4v) is 4.28. The van der Waals surface area contributed by atoms with Crippen molar-refractivity contribution in [2.45, 2.75) is 13.1 Å². The van der Waals surface area contributed by atoms with Crippen LogP contribution < -0.4 is 15.0 Å². The highest BCUT2D eigenvalue weighted by Gasteiger charge is 2.19. The molecule has 0 unspecified atom stereocenters. The average molecular weight is 401 g/mol. The average Bonchev–Trinajstić information content (AvgIpc) is 3.21. The van der Waals surface area contributed by atoms with Gasteiger partial charge in [-0.1, -0.05) is 6.07 Å². The Hall–Kier alpha value is -2.42. The zero-order valence-electron chi connectivity index (χ0n) is 16.1. The molecule has 0 spiro atoms. The number of thiophene rings is 1. The van der Waals surface area contributed by atoms with Crippen molar-refractivity contribution in [1.29, 1.82) is 0 Å². The standard InChI is InChI=1S/C20H24N4O3S/c1-26-17-10-15-16(11-18(17)27-2)21-19(22-20(15)25)13-24-7-5-23(6-8-24)12-14-4-3-9-28-14/h3-4,9-11H,5-8,12-13H2,1-2H3,(H,21,22,25). The molecule has 0 aliphatic carbocycles. The highest BCUT2D eigenvalue weighted by atomic mass is 32.1. The van der Waals surface area contributed by atoms with Crippen molar-refractivity contribution in [3.05, 3.63) is 50.7 Å². The second-order valence-electron chi connectivity index (χ2n) is 6.87. The molecule has 1 saturated heterocycles. The number of nitrogens with one attached hydrogen (secondary N) is 1. The summed E-state index contributed by atoms with van der Waals surface area (Å²) < 4.78 is 10.6. The van der Waals surface area contributed by atoms with Crippen LogP contribution in [0.15, 0.2) is 34.4 Å². The van der Waals surface area contributed by atoms with E-state index in [2.05, 4.69) is 37.3 Å². The maximum absolute atomic E-state index is 12.5. The normalized spacial score (nSPS) is 15.8. The second kappa shape index (κ2) is 8.30. The number of rotatable bonds is 6. The topological polar surface area (TPSA) is 70.7 Å². The summed E-state index contributed by atoms with van der Waals surface area (Å²) >= 11 is 1.80. The van der Waals surface area contributed by atoms with Gasteiger partial charge in [-0.2, -0.15) is 0 Å². The van der Waals surface area contributed by atoms with Crippen molar-refractivity contribution in [2.24, 2.45) is 0 Å². The molecule has 0 bridgehead atoms. The van der Waals surface area contributed by atoms with E-state index in [1.807, 2.05) is 0 Å². The van der Waals surface area contributed by atoms with Crippen molar-refractivity contribution in [1.82, 2.24) is 19.8 Å². The Morgan fingerprint density at radius 1 is 1.07 bits per heavy atom. The summed E-state index contributed by atoms with van der Waals surface area (Å²) in [7, 11) is 3.13. The number of methoxy groups -OCH3 is 2. The van der Waals surface area contributed by atoms with E-state index in [4.69, 9.17) is 9.47 Å². The van der Waals surface area contributed by atoms with Gasteiger partial charge in [0.15, 0.2) is 11.5 Å². The molecule has 7 nitrogen and oxygen atoms in total. The highest BCUT2D eigenvalue weighted by molar-refractivity contribution is 7.09. The summed E-state index contributed by atoms with van der Waals surface area (Å²) in [4.78, 5) is 26.3. The molecule has 2 aromatic heterocycles. The van der Waals surface area contributed by atoms with E-state index < -0.39 is 0 Å². The Morgan fingerprint density at radius 3 is 2.39 bits per heavy atom. The molecular weight excluding hydrogens is 376 g/mol. The van der Waals surface area contributed by atoms with Gasteiger partial charge in [0.1, 0.15) is 5.82 Å². The molecule has 1 aromatic carbocycles. The first-order valence-corrected chi connectivity index (χ1v) is 10.2. The maximum atomic E-state index is 12.5. The number of nitrogens with zero attached hydrogens (tertiary/aromatic N) is 3. The van der Waals surface area contributed by atoms with Crippen LogP contribution in [0.25, 0.3) is 10.9 Å². The third-order valence-corrected chi connectivity index (χ3v) is 5.92. The third-order valence-electron chi connectivity index (χ3n) is 5.06. The Morgan fingerprint density at radius 2 is 1.75 bits per heavy atom. The largest absolute Gasteiger partial charge is 0.493 e. The Bertz CT molecular complexity index is 995. The quantitative estimate of drug-likeness (QED) is 0.685. The number of fused-ring (bicyclic) bond motifs is 1. The summed E-state index contributed by atoms with van der Waals surface area (Å²) in [5.74, 6) is 1.77. The molecule has 3 aromatic rings. The molecule has 1 aliphatic rings. The monoisotopic (exact) mass is 400 g/mol. The van der Waals surface area contributed by atoms with Crippen LogP contribution in [0, 0.1) is 0 Å². The van der Waals surface area contributed by atoms with E-state index in [0.717, 1.165) is 32.7 Å². The summed E-state index contributed by atoms with van der Waals surface area (Å²) in [6.45, 7) is 5.59. The molecule has 0 saturated carbocycles. The molecule has 0 atom stereocenters. The second-order valence-corrected chi connectivity index (χ2v) is 7.90. The number of piperazine rings is 1. The number of hydrogen-bond donors (Lipinski definition) is 1. The maximum Gasteiger partial charge on any atom is 0.258 e. The van der Waals surface area contributed by atoms with Crippen molar-refractivity contribution in [3.8, 4) is 11.5 Å². The lowest BCUT2D eigenvalue weighted by Gasteiger charge is -2.34. The van der Waals surface area contributed by atoms with Gasteiger partial charge in [0.25, 0.3) is 5.56 Å². The van der Waals surface area contributed by atoms with Crippen LogP contribution >= 0.6 is 11.3 Å². The number of hydrogen-bond acceptors (Lipinski definition) is 7. The number of aromatic nitrogens is 2. The van der Waals surface area contributed by atoms with E-state index in [1.165, 1.54) is 4.88 Å². The lowest BCUT2D eigenvalue weighted by molar-refractivity contribution is 0.120. The van der Waals surface area contributed by atoms with Gasteiger partial charge in [-0.25, -0.2) is 4.98 Å². The summed E-state index contributed by atoms with van der Waals surface area (Å²) in [5.41, 5.74) is 0.463. The van der Waals surface area contributed by atoms with E-state index in [-0.39, 0.29) is 5.56 Å². The van der Waals surface area contributed by atoms with Crippen LogP contribution in [0.1, 0.15) is 10.7 Å². The first-order chi connectivity index (χ1) is 13.7. The summed E-state index contributed by atoms with van der Waals surface area (Å²) in [6.07, 6.45) is 0. The van der Waals surface area contributed by atoms with Crippen molar-refractivity contribution in [2.75, 3.05) is 40.4 Å². The molecular formula is C20H24N4O3S. The van der Waals surface area contributed by atoms with Crippen molar-refractivity contribution in [3.63, 3.8) is 0 Å². The first-order valence-electron chi connectivity index (χ1n) is 9.28. The minimum absolute atomic E-state index is 0.155. The molecule has 0 amide bonds. The molecule has 148 valence electrons. The minimum atomic E-state index is -0.155. The molecule has 28 heavy (non-hydrogen) atoms. The molecule has 3 heterocycles. The van der Waals surface area contributed by atoms with Crippen molar-refractivity contribution < 1.29 is 9.47 Å². The lowest BCUT2D eigenvalue weighted by atomic mass is 10.2. The third kappa shape index (κ3) is 4.04. The fraction of sp³-hybridized carbons (Fsp3) is 0.400. The molecule has 4 rings (SSSR count). The molecule has 8 heteroatoms. The molecule has 1 aliphatic heterocycles. The summed E-state index contributed by atoms with van der Waals surface area (Å²) in [5, 5.41) is 2.62. The van der Waals surface area contributed by atoms with Gasteiger partial charge in [0.2, 0.25) is 0 Å². The zero-order valence-corrected chi connectivity index (χ0v) is 16.9. The summed E-state index contributed by atoms with van der Waals surface area (Å²) in [6, 6.07) is 7.71. The SMILES string of the molecule is COc1cc2nc(CN3CCN(Cc4cccs4)CC3)[nH]c(=O)c2cc1OC. The van der Waals surface area contributed by atoms with E-state index in [1.54, 1.807) is 37.7 Å². The Balaban J connectivity index is 1.45. The van der Waals surface area contributed by atoms with Crippen LogP contribution in [-0.4, -0.2) is 60.2 Å². The Kier molecular flexibility index (Phi) is 5.61. The van der Waals surface area contributed by atoms with Gasteiger partial charge in [-0.3, -0.25) is 14.6 Å². The lowest BCUT2D eigenvalue weighted by Crippen LogP contribution is -2.45. The van der Waals surface area contributed by atoms with Crippen molar-refractivity contribution >= 4 is 22.2 Å². The van der Waals surface area contributed by atoms with Crippen LogP contribution in [0.5, 0.6) is 11.5 Å². The zero-order chi connectivity index (χ0) is 19.5. The molecule has 1 fully saturated rings. The van der Waals surface area contributed by atoms with E-state index in [0.29, 0.717) is 34.8 Å². The van der Waals surface area contributed by atoms with Crippen LogP contribution in [0.3, 0.4) is 0 Å². The van der Waals surface area contributed by atoms with Gasteiger partial charge < -0.3 is 14.5 Å². The van der Waals surface area contributed by atoms with Crippen LogP contribution in [0.2, 0.25) is 0 Å². The van der Waals surface area contributed by atoms with Crippen LogP contribution in [-0.2, 0) is 13.1 Å². The predicted octanol–water partition coefficient (Wildman–Crippen LogP) is 2.32. The Labute approximate surface area is 167 Å². The van der Waals surface area contributed by atoms with Gasteiger partial charge >= 0.3 is 0 Å².